The van der Waals surface area contributed by atoms with Crippen molar-refractivity contribution in [2.75, 3.05) is 19.8 Å². The van der Waals surface area contributed by atoms with Gasteiger partial charge in [-0.1, -0.05) is 69.3 Å². The van der Waals surface area contributed by atoms with Gasteiger partial charge in [0.2, 0.25) is 0 Å². The fourth-order valence-electron chi connectivity index (χ4n) is 2.90. The molecule has 0 amide bonds. The molecule has 1 N–H and O–H groups in total. The molecule has 148 valence electrons. The Balaban J connectivity index is 2.02. The Morgan fingerprint density at radius 3 is 1.67 bits per heavy atom. The van der Waals surface area contributed by atoms with Crippen molar-refractivity contribution in [3.05, 3.63) is 59.7 Å². The molecule has 0 aliphatic rings. The quantitative estimate of drug-likeness (QED) is 0.481. The molecule has 0 aliphatic heterocycles. The third kappa shape index (κ3) is 6.29. The van der Waals surface area contributed by atoms with Gasteiger partial charge in [0.25, 0.3) is 0 Å². The molecule has 2 aromatic rings. The van der Waals surface area contributed by atoms with E-state index in [1.54, 1.807) is 0 Å². The van der Waals surface area contributed by atoms with Crippen LogP contribution in [0.3, 0.4) is 0 Å². The van der Waals surface area contributed by atoms with E-state index in [-0.39, 0.29) is 5.92 Å². The van der Waals surface area contributed by atoms with Gasteiger partial charge in [-0.2, -0.15) is 0 Å². The van der Waals surface area contributed by atoms with Crippen LogP contribution in [0.1, 0.15) is 57.6 Å². The van der Waals surface area contributed by atoms with E-state index in [4.69, 9.17) is 9.05 Å². The van der Waals surface area contributed by atoms with Crippen molar-refractivity contribution in [2.45, 2.75) is 46.5 Å². The summed E-state index contributed by atoms with van der Waals surface area (Å²) in [4.78, 5) is 0. The molecule has 1 unspecified atom stereocenters. The first-order valence-electron chi connectivity index (χ1n) is 9.73. The van der Waals surface area contributed by atoms with E-state index in [2.05, 4.69) is 74.4 Å². The molecule has 0 saturated heterocycles. The molecule has 0 fully saturated rings. The van der Waals surface area contributed by atoms with Gasteiger partial charge in [0.15, 0.2) is 0 Å². The Kier molecular flexibility index (Phi) is 8.25. The minimum Gasteiger partial charge on any atom is -0.297 e. The zero-order chi connectivity index (χ0) is 19.9. The van der Waals surface area contributed by atoms with E-state index in [0.29, 0.717) is 25.7 Å². The monoisotopic (exact) mass is 389 g/mol. The third-order valence-electron chi connectivity index (χ3n) is 4.58. The smallest absolute Gasteiger partial charge is 0.297 e. The summed E-state index contributed by atoms with van der Waals surface area (Å²) in [6.45, 7) is 11.4. The van der Waals surface area contributed by atoms with Crippen LogP contribution in [0.4, 0.5) is 0 Å². The Labute approximate surface area is 163 Å². The number of hydrogen-bond acceptors (Lipinski definition) is 3. The van der Waals surface area contributed by atoms with Gasteiger partial charge in [0.05, 0.1) is 13.2 Å². The number of benzene rings is 2. The zero-order valence-electron chi connectivity index (χ0n) is 17.1. The van der Waals surface area contributed by atoms with Gasteiger partial charge in [0.1, 0.15) is 0 Å². The van der Waals surface area contributed by atoms with Crippen molar-refractivity contribution in [3.63, 3.8) is 0 Å². The van der Waals surface area contributed by atoms with Crippen molar-refractivity contribution in [1.82, 2.24) is 5.09 Å². The molecule has 0 saturated carbocycles. The predicted octanol–water partition coefficient (Wildman–Crippen LogP) is 6.35. The Hall–Kier alpha value is -1.45. The maximum Gasteiger partial charge on any atom is 0.405 e. The lowest BCUT2D eigenvalue weighted by atomic mass is 9.96. The summed E-state index contributed by atoms with van der Waals surface area (Å²) >= 11 is 0. The van der Waals surface area contributed by atoms with Gasteiger partial charge >= 0.3 is 7.75 Å². The first-order chi connectivity index (χ1) is 12.9. The van der Waals surface area contributed by atoms with Crippen LogP contribution in [0.5, 0.6) is 0 Å². The highest BCUT2D eigenvalue weighted by Gasteiger charge is 2.23. The lowest BCUT2D eigenvalue weighted by molar-refractivity contribution is 0.210. The molecular formula is C22H32NO3P. The average molecular weight is 389 g/mol. The SMILES string of the molecule is CCOP(=O)(NCC(C)c1ccc(-c2ccc(C(C)C)cc2)cc1)OCC. The molecule has 0 aliphatic carbocycles. The van der Waals surface area contributed by atoms with E-state index < -0.39 is 7.75 Å². The highest BCUT2D eigenvalue weighted by atomic mass is 31.2. The molecule has 2 rings (SSSR count). The highest BCUT2D eigenvalue weighted by molar-refractivity contribution is 7.51. The van der Waals surface area contributed by atoms with Gasteiger partial charge in [-0.05, 0) is 47.9 Å². The molecule has 0 spiro atoms. The van der Waals surface area contributed by atoms with Crippen LogP contribution in [0.15, 0.2) is 48.5 Å². The molecule has 5 heteroatoms. The van der Waals surface area contributed by atoms with E-state index in [1.807, 2.05) is 13.8 Å². The normalized spacial score (nSPS) is 13.1. The summed E-state index contributed by atoms with van der Waals surface area (Å²) < 4.78 is 23.1. The first-order valence-corrected chi connectivity index (χ1v) is 11.3. The molecule has 27 heavy (non-hydrogen) atoms. The summed E-state index contributed by atoms with van der Waals surface area (Å²) in [5.74, 6) is 0.732. The summed E-state index contributed by atoms with van der Waals surface area (Å²) in [6, 6.07) is 17.3. The molecular weight excluding hydrogens is 357 g/mol. The Bertz CT molecular complexity index is 731. The first kappa shape index (κ1) is 21.8. The maximum absolute atomic E-state index is 12.5. The molecule has 1 atom stereocenters. The second-order valence-electron chi connectivity index (χ2n) is 7.00. The van der Waals surface area contributed by atoms with Crippen LogP contribution in [0, 0.1) is 0 Å². The predicted molar refractivity (Wildman–Crippen MR) is 113 cm³/mol. The molecule has 0 aromatic heterocycles. The van der Waals surface area contributed by atoms with Crippen LogP contribution >= 0.6 is 7.75 Å². The molecule has 0 heterocycles. The van der Waals surface area contributed by atoms with Crippen LogP contribution in [-0.2, 0) is 13.6 Å². The molecule has 4 nitrogen and oxygen atoms in total. The summed E-state index contributed by atoms with van der Waals surface area (Å²) in [7, 11) is -3.21. The minimum atomic E-state index is -3.21. The standard InChI is InChI=1S/C22H32NO3P/c1-6-25-27(24,26-7-2)23-16-18(5)20-10-14-22(15-11-20)21-12-8-19(9-13-21)17(3)4/h8-15,17-18H,6-7,16H2,1-5H3,(H,23,24). The van der Waals surface area contributed by atoms with Crippen molar-refractivity contribution in [1.29, 1.82) is 0 Å². The third-order valence-corrected chi connectivity index (χ3v) is 6.35. The largest absolute Gasteiger partial charge is 0.405 e. The van der Waals surface area contributed by atoms with Crippen LogP contribution in [0.2, 0.25) is 0 Å². The van der Waals surface area contributed by atoms with Gasteiger partial charge in [-0.3, -0.25) is 9.05 Å². The minimum absolute atomic E-state index is 0.191. The lowest BCUT2D eigenvalue weighted by Crippen LogP contribution is -2.20. The number of hydrogen-bond donors (Lipinski definition) is 1. The van der Waals surface area contributed by atoms with E-state index in [0.717, 1.165) is 0 Å². The van der Waals surface area contributed by atoms with Crippen molar-refractivity contribution in [3.8, 4) is 11.1 Å². The Morgan fingerprint density at radius 2 is 1.26 bits per heavy atom. The topological polar surface area (TPSA) is 47.6 Å². The number of nitrogens with one attached hydrogen (secondary N) is 1. The number of rotatable bonds is 10. The summed E-state index contributed by atoms with van der Waals surface area (Å²) in [6.07, 6.45) is 0. The fourth-order valence-corrected chi connectivity index (χ4v) is 4.33. The lowest BCUT2D eigenvalue weighted by Gasteiger charge is -2.20. The average Bonchev–Trinajstić information content (AvgIpc) is 2.67. The summed E-state index contributed by atoms with van der Waals surface area (Å²) in [5, 5.41) is 2.97. The fraction of sp³-hybridized carbons (Fsp3) is 0.455. The highest BCUT2D eigenvalue weighted by Crippen LogP contribution is 2.43. The van der Waals surface area contributed by atoms with Crippen LogP contribution in [-0.4, -0.2) is 19.8 Å². The Morgan fingerprint density at radius 1 is 0.815 bits per heavy atom. The second-order valence-corrected chi connectivity index (χ2v) is 8.82. The zero-order valence-corrected chi connectivity index (χ0v) is 18.0. The van der Waals surface area contributed by atoms with Gasteiger partial charge in [0, 0.05) is 6.54 Å². The van der Waals surface area contributed by atoms with Gasteiger partial charge in [-0.15, -0.1) is 0 Å². The molecule has 2 aromatic carbocycles. The van der Waals surface area contributed by atoms with Crippen molar-refractivity contribution in [2.24, 2.45) is 0 Å². The van der Waals surface area contributed by atoms with Crippen molar-refractivity contribution < 1.29 is 13.6 Å². The van der Waals surface area contributed by atoms with Gasteiger partial charge < -0.3 is 0 Å². The maximum atomic E-state index is 12.5. The van der Waals surface area contributed by atoms with Crippen molar-refractivity contribution >= 4 is 7.75 Å². The molecule has 0 bridgehead atoms. The van der Waals surface area contributed by atoms with Crippen LogP contribution < -0.4 is 5.09 Å². The van der Waals surface area contributed by atoms with E-state index in [9.17, 15) is 4.57 Å². The second kappa shape index (κ2) is 10.2. The van der Waals surface area contributed by atoms with Crippen LogP contribution in [0.25, 0.3) is 11.1 Å². The summed E-state index contributed by atoms with van der Waals surface area (Å²) in [5.41, 5.74) is 4.95. The van der Waals surface area contributed by atoms with E-state index >= 15 is 0 Å². The molecule has 0 radical (unpaired) electrons. The van der Waals surface area contributed by atoms with Gasteiger partial charge in [-0.25, -0.2) is 9.65 Å². The van der Waals surface area contributed by atoms with E-state index in [1.165, 1.54) is 22.3 Å².